The van der Waals surface area contributed by atoms with E-state index < -0.39 is 5.97 Å². The summed E-state index contributed by atoms with van der Waals surface area (Å²) in [4.78, 5) is 10.5. The van der Waals surface area contributed by atoms with Crippen molar-refractivity contribution in [1.29, 1.82) is 0 Å². The molecule has 0 aromatic carbocycles. The van der Waals surface area contributed by atoms with Gasteiger partial charge in [0.15, 0.2) is 0 Å². The number of aromatic nitrogens is 2. The minimum absolute atomic E-state index is 0.0669. The Morgan fingerprint density at radius 1 is 1.79 bits per heavy atom. The highest BCUT2D eigenvalue weighted by Crippen LogP contribution is 2.34. The topological polar surface area (TPSA) is 55.1 Å². The number of carbonyl (C=O) groups is 1. The quantitative estimate of drug-likeness (QED) is 0.825. The molecular formula is C9H12N2O2S. The average Bonchev–Trinajstić information content (AvgIpc) is 2.69. The van der Waals surface area contributed by atoms with Gasteiger partial charge in [-0.1, -0.05) is 0 Å². The van der Waals surface area contributed by atoms with E-state index in [4.69, 9.17) is 5.11 Å². The van der Waals surface area contributed by atoms with Crippen LogP contribution in [0.1, 0.15) is 23.8 Å². The van der Waals surface area contributed by atoms with Crippen molar-refractivity contribution in [1.82, 2.24) is 9.78 Å². The number of rotatable bonds is 3. The monoisotopic (exact) mass is 212 g/mol. The van der Waals surface area contributed by atoms with Gasteiger partial charge >= 0.3 is 5.97 Å². The first-order valence-electron chi connectivity index (χ1n) is 4.62. The Morgan fingerprint density at radius 3 is 3.29 bits per heavy atom. The Kier molecular flexibility index (Phi) is 2.77. The molecule has 76 valence electrons. The van der Waals surface area contributed by atoms with Crippen molar-refractivity contribution in [3.05, 3.63) is 18.0 Å². The van der Waals surface area contributed by atoms with Crippen molar-refractivity contribution in [2.24, 2.45) is 0 Å². The van der Waals surface area contributed by atoms with E-state index in [1.807, 2.05) is 22.6 Å². The van der Waals surface area contributed by atoms with Crippen molar-refractivity contribution < 1.29 is 9.90 Å². The standard InChI is InChI=1S/C9H12N2O2S/c12-9(13)4-7-5-10-11(6-7)8-2-1-3-14-8/h5-6,8H,1-4H2,(H,12,13). The highest BCUT2D eigenvalue weighted by Gasteiger charge is 2.18. The van der Waals surface area contributed by atoms with E-state index in [9.17, 15) is 4.79 Å². The molecule has 0 bridgehead atoms. The van der Waals surface area contributed by atoms with Crippen LogP contribution in [-0.4, -0.2) is 26.6 Å². The number of aliphatic carboxylic acids is 1. The Morgan fingerprint density at radius 2 is 2.64 bits per heavy atom. The summed E-state index contributed by atoms with van der Waals surface area (Å²) in [6, 6.07) is 0. The molecule has 1 aromatic heterocycles. The number of thioether (sulfide) groups is 1. The van der Waals surface area contributed by atoms with Gasteiger partial charge in [-0.2, -0.15) is 5.10 Å². The summed E-state index contributed by atoms with van der Waals surface area (Å²) in [6.07, 6.45) is 5.92. The molecule has 0 aliphatic carbocycles. The first-order chi connectivity index (χ1) is 6.75. The number of hydrogen-bond donors (Lipinski definition) is 1. The minimum atomic E-state index is -0.802. The molecule has 0 radical (unpaired) electrons. The largest absolute Gasteiger partial charge is 0.481 e. The molecule has 1 aromatic rings. The van der Waals surface area contributed by atoms with Gasteiger partial charge in [-0.05, 0) is 18.6 Å². The van der Waals surface area contributed by atoms with Crippen molar-refractivity contribution in [3.8, 4) is 0 Å². The van der Waals surface area contributed by atoms with Crippen LogP contribution in [0.15, 0.2) is 12.4 Å². The lowest BCUT2D eigenvalue weighted by Gasteiger charge is -2.07. The molecule has 1 unspecified atom stereocenters. The van der Waals surface area contributed by atoms with E-state index in [0.717, 1.165) is 12.0 Å². The first-order valence-corrected chi connectivity index (χ1v) is 5.67. The molecule has 1 aliphatic rings. The Labute approximate surface area is 86.3 Å². The zero-order valence-corrected chi connectivity index (χ0v) is 8.54. The van der Waals surface area contributed by atoms with Crippen LogP contribution in [0.5, 0.6) is 0 Å². The van der Waals surface area contributed by atoms with Gasteiger partial charge < -0.3 is 5.11 Å². The smallest absolute Gasteiger partial charge is 0.307 e. The average molecular weight is 212 g/mol. The van der Waals surface area contributed by atoms with Crippen LogP contribution in [0.4, 0.5) is 0 Å². The summed E-state index contributed by atoms with van der Waals surface area (Å²) in [5.74, 6) is 0.377. The molecule has 0 saturated carbocycles. The number of hydrogen-bond acceptors (Lipinski definition) is 3. The zero-order chi connectivity index (χ0) is 9.97. The van der Waals surface area contributed by atoms with Gasteiger partial charge in [0.05, 0.1) is 18.0 Å². The first kappa shape index (κ1) is 9.58. The van der Waals surface area contributed by atoms with Gasteiger partial charge in [-0.3, -0.25) is 9.48 Å². The fourth-order valence-corrected chi connectivity index (χ4v) is 2.78. The van der Waals surface area contributed by atoms with Gasteiger partial charge in [0.25, 0.3) is 0 Å². The van der Waals surface area contributed by atoms with E-state index >= 15 is 0 Å². The van der Waals surface area contributed by atoms with Gasteiger partial charge in [0, 0.05) is 11.8 Å². The summed E-state index contributed by atoms with van der Waals surface area (Å²) in [5.41, 5.74) is 0.782. The molecule has 1 N–H and O–H groups in total. The van der Waals surface area contributed by atoms with Gasteiger partial charge in [-0.25, -0.2) is 0 Å². The predicted octanol–water partition coefficient (Wildman–Crippen LogP) is 1.54. The molecule has 14 heavy (non-hydrogen) atoms. The van der Waals surface area contributed by atoms with Crippen molar-refractivity contribution in [2.75, 3.05) is 5.75 Å². The summed E-state index contributed by atoms with van der Waals surface area (Å²) < 4.78 is 1.88. The molecule has 1 saturated heterocycles. The normalized spacial score (nSPS) is 21.3. The van der Waals surface area contributed by atoms with Crippen molar-refractivity contribution in [2.45, 2.75) is 24.6 Å². The van der Waals surface area contributed by atoms with Gasteiger partial charge in [0.2, 0.25) is 0 Å². The second kappa shape index (κ2) is 4.04. The minimum Gasteiger partial charge on any atom is -0.481 e. The Balaban J connectivity index is 2.05. The molecule has 1 atom stereocenters. The van der Waals surface area contributed by atoms with Crippen LogP contribution in [0.3, 0.4) is 0 Å². The van der Waals surface area contributed by atoms with Crippen LogP contribution in [0.25, 0.3) is 0 Å². The molecule has 1 aliphatic heterocycles. The highest BCUT2D eigenvalue weighted by atomic mass is 32.2. The van der Waals surface area contributed by atoms with Crippen LogP contribution >= 0.6 is 11.8 Å². The maximum absolute atomic E-state index is 10.5. The molecule has 4 nitrogen and oxygen atoms in total. The molecule has 1 fully saturated rings. The Bertz CT molecular complexity index is 331. The summed E-state index contributed by atoms with van der Waals surface area (Å²) in [7, 11) is 0. The summed E-state index contributed by atoms with van der Waals surface area (Å²) in [5, 5.41) is 13.2. The third kappa shape index (κ3) is 2.09. The summed E-state index contributed by atoms with van der Waals surface area (Å²) >= 11 is 1.88. The van der Waals surface area contributed by atoms with Crippen molar-refractivity contribution >= 4 is 17.7 Å². The highest BCUT2D eigenvalue weighted by molar-refractivity contribution is 7.99. The lowest BCUT2D eigenvalue weighted by Crippen LogP contribution is -2.02. The predicted molar refractivity (Wildman–Crippen MR) is 54.3 cm³/mol. The molecule has 0 spiro atoms. The van der Waals surface area contributed by atoms with E-state index in [1.54, 1.807) is 6.20 Å². The third-order valence-corrected chi connectivity index (χ3v) is 3.57. The number of nitrogens with zero attached hydrogens (tertiary/aromatic N) is 2. The fourth-order valence-electron chi connectivity index (χ4n) is 1.57. The van der Waals surface area contributed by atoms with Crippen LogP contribution in [0, 0.1) is 0 Å². The van der Waals surface area contributed by atoms with E-state index in [1.165, 1.54) is 12.2 Å². The van der Waals surface area contributed by atoms with Crippen molar-refractivity contribution in [3.63, 3.8) is 0 Å². The van der Waals surface area contributed by atoms with E-state index in [-0.39, 0.29) is 6.42 Å². The number of carboxylic acid groups (broad SMARTS) is 1. The van der Waals surface area contributed by atoms with Crippen LogP contribution in [0.2, 0.25) is 0 Å². The molecule has 2 heterocycles. The second-order valence-electron chi connectivity index (χ2n) is 3.37. The van der Waals surface area contributed by atoms with Crippen LogP contribution < -0.4 is 0 Å². The van der Waals surface area contributed by atoms with E-state index in [0.29, 0.717) is 5.37 Å². The van der Waals surface area contributed by atoms with E-state index in [2.05, 4.69) is 5.10 Å². The molecular weight excluding hydrogens is 200 g/mol. The molecule has 0 amide bonds. The molecule has 2 rings (SSSR count). The fraction of sp³-hybridized carbons (Fsp3) is 0.556. The van der Waals surface area contributed by atoms with Gasteiger partial charge in [-0.15, -0.1) is 11.8 Å². The Hall–Kier alpha value is -0.970. The second-order valence-corrected chi connectivity index (χ2v) is 4.65. The summed E-state index contributed by atoms with van der Waals surface area (Å²) in [6.45, 7) is 0. The molecule has 5 heteroatoms. The van der Waals surface area contributed by atoms with Crippen LogP contribution in [-0.2, 0) is 11.2 Å². The maximum Gasteiger partial charge on any atom is 0.307 e. The third-order valence-electron chi connectivity index (χ3n) is 2.21. The lowest BCUT2D eigenvalue weighted by atomic mass is 10.3. The lowest BCUT2D eigenvalue weighted by molar-refractivity contribution is -0.136. The zero-order valence-electron chi connectivity index (χ0n) is 7.72. The SMILES string of the molecule is O=C(O)Cc1cnn(C2CCCS2)c1. The maximum atomic E-state index is 10.5. The van der Waals surface area contributed by atoms with Gasteiger partial charge in [0.1, 0.15) is 0 Å². The number of carboxylic acids is 1.